The maximum absolute atomic E-state index is 12.1. The molecule has 0 unspecified atom stereocenters. The lowest BCUT2D eigenvalue weighted by Crippen LogP contribution is -2.49. The third-order valence-electron chi connectivity index (χ3n) is 3.37. The first-order chi connectivity index (χ1) is 8.70. The molecule has 1 amide bonds. The second kappa shape index (κ2) is 5.97. The minimum atomic E-state index is 0.132. The van der Waals surface area contributed by atoms with Crippen LogP contribution in [0.5, 0.6) is 0 Å². The number of hydrogen-bond acceptors (Lipinski definition) is 4. The van der Waals surface area contributed by atoms with Crippen molar-refractivity contribution in [2.45, 2.75) is 6.42 Å². The van der Waals surface area contributed by atoms with Gasteiger partial charge in [0.1, 0.15) is 5.82 Å². The highest BCUT2D eigenvalue weighted by Crippen LogP contribution is 2.05. The van der Waals surface area contributed by atoms with Gasteiger partial charge in [0, 0.05) is 52.2 Å². The van der Waals surface area contributed by atoms with E-state index in [1.54, 1.807) is 6.20 Å². The average molecular weight is 252 g/mol. The number of carbonyl (C=O) groups excluding carboxylic acids is 1. The molecule has 1 fully saturated rings. The average Bonchev–Trinajstić information content (AvgIpc) is 2.76. The zero-order chi connectivity index (χ0) is 13.0. The lowest BCUT2D eigenvalue weighted by molar-refractivity contribution is -0.132. The van der Waals surface area contributed by atoms with Gasteiger partial charge in [-0.1, -0.05) is 0 Å². The number of rotatable bonds is 4. The number of hydrogen-bond donors (Lipinski definition) is 1. The number of amides is 1. The number of carbonyl (C=O) groups is 1. The molecular formula is C12H20N4O2. The first-order valence-corrected chi connectivity index (χ1v) is 6.28. The zero-order valence-corrected chi connectivity index (χ0v) is 10.7. The van der Waals surface area contributed by atoms with Gasteiger partial charge in [-0.15, -0.1) is 0 Å². The van der Waals surface area contributed by atoms with Gasteiger partial charge in [0.05, 0.1) is 13.0 Å². The summed E-state index contributed by atoms with van der Waals surface area (Å²) in [5.41, 5.74) is 0. The molecule has 1 aromatic heterocycles. The van der Waals surface area contributed by atoms with Gasteiger partial charge in [-0.3, -0.25) is 9.69 Å². The van der Waals surface area contributed by atoms with Gasteiger partial charge in [-0.05, 0) is 0 Å². The van der Waals surface area contributed by atoms with Crippen LogP contribution < -0.4 is 0 Å². The highest BCUT2D eigenvalue weighted by atomic mass is 16.3. The van der Waals surface area contributed by atoms with E-state index in [1.807, 2.05) is 22.7 Å². The molecule has 2 rings (SSSR count). The molecular weight excluding hydrogens is 232 g/mol. The largest absolute Gasteiger partial charge is 0.395 e. The monoisotopic (exact) mass is 252 g/mol. The Kier molecular flexibility index (Phi) is 4.33. The Morgan fingerprint density at radius 1 is 1.39 bits per heavy atom. The number of aliphatic hydroxyl groups excluding tert-OH is 1. The van der Waals surface area contributed by atoms with Crippen molar-refractivity contribution in [3.8, 4) is 0 Å². The van der Waals surface area contributed by atoms with Crippen molar-refractivity contribution in [1.82, 2.24) is 19.4 Å². The Hall–Kier alpha value is -1.40. The van der Waals surface area contributed by atoms with Crippen LogP contribution in [-0.4, -0.2) is 69.7 Å². The summed E-state index contributed by atoms with van der Waals surface area (Å²) in [5.74, 6) is 0.936. The van der Waals surface area contributed by atoms with Crippen molar-refractivity contribution < 1.29 is 9.90 Å². The molecule has 1 saturated heterocycles. The molecule has 1 aliphatic heterocycles. The van der Waals surface area contributed by atoms with Crippen molar-refractivity contribution >= 4 is 5.91 Å². The zero-order valence-electron chi connectivity index (χ0n) is 10.7. The molecule has 6 heteroatoms. The van der Waals surface area contributed by atoms with E-state index in [9.17, 15) is 4.79 Å². The van der Waals surface area contributed by atoms with Gasteiger partial charge >= 0.3 is 0 Å². The summed E-state index contributed by atoms with van der Waals surface area (Å²) in [6.07, 6.45) is 3.92. The maximum atomic E-state index is 12.1. The number of aliphatic hydroxyl groups is 1. The fourth-order valence-electron chi connectivity index (χ4n) is 2.18. The van der Waals surface area contributed by atoms with Gasteiger partial charge in [-0.25, -0.2) is 4.98 Å². The summed E-state index contributed by atoms with van der Waals surface area (Å²) < 4.78 is 1.87. The standard InChI is InChI=1S/C12H20N4O2/c1-14-3-2-13-11(14)10-12(18)16-6-4-15(5-7-16)8-9-17/h2-3,17H,4-10H2,1H3. The van der Waals surface area contributed by atoms with Crippen LogP contribution in [0.25, 0.3) is 0 Å². The number of aryl methyl sites for hydroxylation is 1. The SMILES string of the molecule is Cn1ccnc1CC(=O)N1CCN(CCO)CC1. The summed E-state index contributed by atoms with van der Waals surface area (Å²) in [6.45, 7) is 4.04. The summed E-state index contributed by atoms with van der Waals surface area (Å²) >= 11 is 0. The number of nitrogens with zero attached hydrogens (tertiary/aromatic N) is 4. The molecule has 0 aliphatic carbocycles. The van der Waals surface area contributed by atoms with E-state index >= 15 is 0 Å². The minimum Gasteiger partial charge on any atom is -0.395 e. The second-order valence-electron chi connectivity index (χ2n) is 4.58. The summed E-state index contributed by atoms with van der Waals surface area (Å²) in [7, 11) is 1.90. The smallest absolute Gasteiger partial charge is 0.230 e. The van der Waals surface area contributed by atoms with Crippen LogP contribution in [0, 0.1) is 0 Å². The van der Waals surface area contributed by atoms with Crippen molar-refractivity contribution in [1.29, 1.82) is 0 Å². The molecule has 6 nitrogen and oxygen atoms in total. The van der Waals surface area contributed by atoms with E-state index in [4.69, 9.17) is 5.11 Å². The fourth-order valence-corrected chi connectivity index (χ4v) is 2.18. The molecule has 1 aromatic rings. The molecule has 18 heavy (non-hydrogen) atoms. The Morgan fingerprint density at radius 3 is 2.67 bits per heavy atom. The molecule has 0 radical (unpaired) electrons. The molecule has 0 bridgehead atoms. The van der Waals surface area contributed by atoms with Gasteiger partial charge in [-0.2, -0.15) is 0 Å². The van der Waals surface area contributed by atoms with E-state index in [2.05, 4.69) is 9.88 Å². The topological polar surface area (TPSA) is 61.6 Å². The van der Waals surface area contributed by atoms with Crippen LogP contribution >= 0.6 is 0 Å². The first kappa shape index (κ1) is 13.0. The Labute approximate surface area is 107 Å². The Bertz CT molecular complexity index is 397. The molecule has 0 atom stereocenters. The predicted molar refractivity (Wildman–Crippen MR) is 67.0 cm³/mol. The number of piperazine rings is 1. The maximum Gasteiger partial charge on any atom is 0.230 e. The van der Waals surface area contributed by atoms with Crippen molar-refractivity contribution in [3.63, 3.8) is 0 Å². The van der Waals surface area contributed by atoms with Crippen LogP contribution in [0.15, 0.2) is 12.4 Å². The summed E-state index contributed by atoms with van der Waals surface area (Å²) in [4.78, 5) is 20.3. The highest BCUT2D eigenvalue weighted by molar-refractivity contribution is 5.78. The third-order valence-corrected chi connectivity index (χ3v) is 3.37. The molecule has 1 N–H and O–H groups in total. The van der Waals surface area contributed by atoms with E-state index in [0.29, 0.717) is 13.0 Å². The quantitative estimate of drug-likeness (QED) is 0.754. The van der Waals surface area contributed by atoms with Crippen LogP contribution in [0.2, 0.25) is 0 Å². The predicted octanol–water partition coefficient (Wildman–Crippen LogP) is -0.901. The van der Waals surface area contributed by atoms with Gasteiger partial charge in [0.25, 0.3) is 0 Å². The van der Waals surface area contributed by atoms with E-state index < -0.39 is 0 Å². The molecule has 100 valence electrons. The van der Waals surface area contributed by atoms with Crippen molar-refractivity contribution in [3.05, 3.63) is 18.2 Å². The lowest BCUT2D eigenvalue weighted by atomic mass is 10.2. The van der Waals surface area contributed by atoms with Crippen molar-refractivity contribution in [2.24, 2.45) is 7.05 Å². The fraction of sp³-hybridized carbons (Fsp3) is 0.667. The number of β-amino-alcohol motifs (C(OH)–C–C–N with tert-alkyl or cyclic N) is 1. The molecule has 0 aromatic carbocycles. The number of imidazole rings is 1. The molecule has 0 spiro atoms. The van der Waals surface area contributed by atoms with Gasteiger partial charge < -0.3 is 14.6 Å². The van der Waals surface area contributed by atoms with Crippen LogP contribution in [0.1, 0.15) is 5.82 Å². The van der Waals surface area contributed by atoms with Gasteiger partial charge in [0.15, 0.2) is 0 Å². The molecule has 0 saturated carbocycles. The molecule has 2 heterocycles. The first-order valence-electron chi connectivity index (χ1n) is 6.28. The highest BCUT2D eigenvalue weighted by Gasteiger charge is 2.21. The number of aromatic nitrogens is 2. The Balaban J connectivity index is 1.83. The van der Waals surface area contributed by atoms with Crippen molar-refractivity contribution in [2.75, 3.05) is 39.3 Å². The summed E-state index contributed by atoms with van der Waals surface area (Å²) in [6, 6.07) is 0. The normalized spacial score (nSPS) is 17.1. The van der Waals surface area contributed by atoms with Crippen LogP contribution in [0.4, 0.5) is 0 Å². The Morgan fingerprint density at radius 2 is 2.11 bits per heavy atom. The summed E-state index contributed by atoms with van der Waals surface area (Å²) in [5, 5.41) is 8.86. The van der Waals surface area contributed by atoms with Gasteiger partial charge in [0.2, 0.25) is 5.91 Å². The minimum absolute atomic E-state index is 0.132. The van der Waals surface area contributed by atoms with Crippen LogP contribution in [0.3, 0.4) is 0 Å². The van der Waals surface area contributed by atoms with Crippen LogP contribution in [-0.2, 0) is 18.3 Å². The van der Waals surface area contributed by atoms with E-state index in [1.165, 1.54) is 0 Å². The lowest BCUT2D eigenvalue weighted by Gasteiger charge is -2.34. The second-order valence-corrected chi connectivity index (χ2v) is 4.58. The van der Waals surface area contributed by atoms with E-state index in [-0.39, 0.29) is 12.5 Å². The molecule has 1 aliphatic rings. The third kappa shape index (κ3) is 3.08. The van der Waals surface area contributed by atoms with E-state index in [0.717, 1.165) is 32.0 Å².